The number of fused-ring (bicyclic) bond motifs is 1. The van der Waals surface area contributed by atoms with E-state index in [4.69, 9.17) is 4.18 Å². The summed E-state index contributed by atoms with van der Waals surface area (Å²) >= 11 is 0. The summed E-state index contributed by atoms with van der Waals surface area (Å²) in [4.78, 5) is 17.5. The van der Waals surface area contributed by atoms with E-state index in [-0.39, 0.29) is 10.9 Å². The fourth-order valence-corrected chi connectivity index (χ4v) is 3.28. The Labute approximate surface area is 146 Å². The van der Waals surface area contributed by atoms with Gasteiger partial charge in [-0.15, -0.1) is 0 Å². The van der Waals surface area contributed by atoms with Crippen LogP contribution in [-0.4, -0.2) is 41.4 Å². The normalized spacial score (nSPS) is 11.6. The minimum atomic E-state index is -4.02. The highest BCUT2D eigenvalue weighted by Crippen LogP contribution is 2.25. The first-order valence-corrected chi connectivity index (χ1v) is 9.32. The summed E-state index contributed by atoms with van der Waals surface area (Å²) in [5.41, 5.74) is 1.95. The molecule has 3 rings (SSSR count). The van der Waals surface area contributed by atoms with Crippen molar-refractivity contribution in [1.29, 1.82) is 0 Å². The smallest absolute Gasteiger partial charge is 0.341 e. The Hall–Kier alpha value is -2.68. The van der Waals surface area contributed by atoms with Crippen LogP contribution >= 0.6 is 0 Å². The van der Waals surface area contributed by atoms with Gasteiger partial charge in [-0.05, 0) is 32.9 Å². The molecule has 2 aromatic heterocycles. The first kappa shape index (κ1) is 17.2. The van der Waals surface area contributed by atoms with Crippen molar-refractivity contribution < 1.29 is 12.6 Å². The zero-order chi connectivity index (χ0) is 18.0. The van der Waals surface area contributed by atoms with Crippen LogP contribution in [0, 0.1) is 6.92 Å². The monoisotopic (exact) mass is 361 g/mol. The van der Waals surface area contributed by atoms with Gasteiger partial charge >= 0.3 is 16.1 Å². The van der Waals surface area contributed by atoms with Crippen molar-refractivity contribution in [3.63, 3.8) is 0 Å². The Morgan fingerprint density at radius 1 is 1.12 bits per heavy atom. The number of nitrogens with one attached hydrogen (secondary N) is 1. The van der Waals surface area contributed by atoms with Gasteiger partial charge in [0.2, 0.25) is 0 Å². The minimum Gasteiger partial charge on any atom is -0.355 e. The number of benzene rings is 1. The van der Waals surface area contributed by atoms with Crippen LogP contribution in [0.5, 0.6) is 6.01 Å². The van der Waals surface area contributed by atoms with Gasteiger partial charge in [0, 0.05) is 13.1 Å². The zero-order valence-corrected chi connectivity index (χ0v) is 15.0. The molecule has 9 heteroatoms. The fourth-order valence-electron chi connectivity index (χ4n) is 2.44. The van der Waals surface area contributed by atoms with E-state index < -0.39 is 10.1 Å². The molecule has 3 aromatic rings. The maximum atomic E-state index is 12.5. The standard InChI is InChI=1S/C16H19N5O3S/c1-4-21(5-2)15-13-14(18-10-17-13)19-16(20-15)24-25(22,23)12-8-6-11(3)7-9-12/h6-10H,4-5H2,1-3H3,(H,17,18,19,20). The second-order valence-electron chi connectivity index (χ2n) is 5.45. The van der Waals surface area contributed by atoms with Gasteiger partial charge in [0.1, 0.15) is 10.4 Å². The zero-order valence-electron chi connectivity index (χ0n) is 14.2. The largest absolute Gasteiger partial charge is 0.355 e. The molecule has 0 unspecified atom stereocenters. The van der Waals surface area contributed by atoms with Crippen molar-refractivity contribution in [2.45, 2.75) is 25.7 Å². The average Bonchev–Trinajstić information content (AvgIpc) is 3.04. The number of rotatable bonds is 6. The first-order valence-electron chi connectivity index (χ1n) is 7.91. The number of hydrogen-bond donors (Lipinski definition) is 1. The van der Waals surface area contributed by atoms with Gasteiger partial charge in [-0.25, -0.2) is 4.98 Å². The number of aromatic nitrogens is 4. The van der Waals surface area contributed by atoms with Gasteiger partial charge in [0.25, 0.3) is 0 Å². The molecule has 0 saturated heterocycles. The van der Waals surface area contributed by atoms with Crippen LogP contribution in [0.25, 0.3) is 11.2 Å². The summed E-state index contributed by atoms with van der Waals surface area (Å²) in [6, 6.07) is 6.14. The molecule has 8 nitrogen and oxygen atoms in total. The molecule has 0 aliphatic rings. The maximum absolute atomic E-state index is 12.5. The van der Waals surface area contributed by atoms with Crippen LogP contribution in [0.2, 0.25) is 0 Å². The summed E-state index contributed by atoms with van der Waals surface area (Å²) in [5, 5.41) is 0. The molecular weight excluding hydrogens is 342 g/mol. The molecule has 0 aliphatic carbocycles. The lowest BCUT2D eigenvalue weighted by atomic mass is 10.2. The lowest BCUT2D eigenvalue weighted by Crippen LogP contribution is -2.24. The van der Waals surface area contributed by atoms with Crippen LogP contribution in [0.1, 0.15) is 19.4 Å². The molecule has 0 bridgehead atoms. The Morgan fingerprint density at radius 2 is 1.80 bits per heavy atom. The Morgan fingerprint density at radius 3 is 2.44 bits per heavy atom. The highest BCUT2D eigenvalue weighted by molar-refractivity contribution is 7.87. The van der Waals surface area contributed by atoms with Crippen LogP contribution in [0.3, 0.4) is 0 Å². The van der Waals surface area contributed by atoms with Crippen LogP contribution in [0.4, 0.5) is 5.82 Å². The first-order chi connectivity index (χ1) is 11.9. The molecular formula is C16H19N5O3S. The maximum Gasteiger partial charge on any atom is 0.341 e. The van der Waals surface area contributed by atoms with Gasteiger partial charge in [-0.3, -0.25) is 0 Å². The summed E-state index contributed by atoms with van der Waals surface area (Å²) in [7, 11) is -4.02. The molecule has 0 fully saturated rings. The lowest BCUT2D eigenvalue weighted by Gasteiger charge is -2.20. The molecule has 1 N–H and O–H groups in total. The van der Waals surface area contributed by atoms with Crippen LogP contribution in [0.15, 0.2) is 35.5 Å². The van der Waals surface area contributed by atoms with Crippen molar-refractivity contribution in [1.82, 2.24) is 19.9 Å². The van der Waals surface area contributed by atoms with E-state index in [0.717, 1.165) is 5.56 Å². The molecule has 0 spiro atoms. The van der Waals surface area contributed by atoms with E-state index in [1.165, 1.54) is 18.5 Å². The number of hydrogen-bond acceptors (Lipinski definition) is 7. The Bertz CT molecular complexity index is 979. The predicted molar refractivity (Wildman–Crippen MR) is 94.2 cm³/mol. The minimum absolute atomic E-state index is 0.0493. The molecule has 1 aromatic carbocycles. The van der Waals surface area contributed by atoms with Crippen molar-refractivity contribution in [2.75, 3.05) is 18.0 Å². The summed E-state index contributed by atoms with van der Waals surface area (Å²) in [5.74, 6) is 0.557. The highest BCUT2D eigenvalue weighted by Gasteiger charge is 2.21. The van der Waals surface area contributed by atoms with E-state index in [0.29, 0.717) is 30.1 Å². The average molecular weight is 361 g/mol. The SMILES string of the molecule is CCN(CC)c1nc(OS(=O)(=O)c2ccc(C)cc2)nc2nc[nH]c12. The third kappa shape index (κ3) is 3.41. The highest BCUT2D eigenvalue weighted by atomic mass is 32.2. The van der Waals surface area contributed by atoms with E-state index in [1.54, 1.807) is 12.1 Å². The molecule has 132 valence electrons. The van der Waals surface area contributed by atoms with Gasteiger partial charge in [0.05, 0.1) is 6.33 Å². The molecule has 0 saturated carbocycles. The Kier molecular flexibility index (Phi) is 4.58. The van der Waals surface area contributed by atoms with E-state index in [9.17, 15) is 8.42 Å². The predicted octanol–water partition coefficient (Wildman–Crippen LogP) is 2.28. The number of aromatic amines is 1. The molecule has 0 atom stereocenters. The molecule has 0 aliphatic heterocycles. The third-order valence-corrected chi connectivity index (χ3v) is 5.02. The number of anilines is 1. The second-order valence-corrected chi connectivity index (χ2v) is 7.00. The number of nitrogens with zero attached hydrogens (tertiary/aromatic N) is 4. The van der Waals surface area contributed by atoms with Gasteiger partial charge in [-0.1, -0.05) is 17.7 Å². The van der Waals surface area contributed by atoms with Crippen molar-refractivity contribution in [3.05, 3.63) is 36.2 Å². The second kappa shape index (κ2) is 6.67. The number of H-pyrrole nitrogens is 1. The van der Waals surface area contributed by atoms with E-state index in [2.05, 4.69) is 19.9 Å². The molecule has 25 heavy (non-hydrogen) atoms. The van der Waals surface area contributed by atoms with Gasteiger partial charge < -0.3 is 14.1 Å². The molecule has 0 radical (unpaired) electrons. The van der Waals surface area contributed by atoms with E-state index in [1.807, 2.05) is 25.7 Å². The lowest BCUT2D eigenvalue weighted by molar-refractivity contribution is 0.465. The van der Waals surface area contributed by atoms with E-state index >= 15 is 0 Å². The molecule has 2 heterocycles. The summed E-state index contributed by atoms with van der Waals surface area (Å²) in [6.45, 7) is 7.24. The van der Waals surface area contributed by atoms with Crippen molar-refractivity contribution in [3.8, 4) is 6.01 Å². The third-order valence-electron chi connectivity index (χ3n) is 3.80. The Balaban J connectivity index is 2.02. The fraction of sp³-hybridized carbons (Fsp3) is 0.312. The summed E-state index contributed by atoms with van der Waals surface area (Å²) in [6.07, 6.45) is 1.49. The topological polar surface area (TPSA) is 101 Å². The van der Waals surface area contributed by atoms with Gasteiger partial charge in [0.15, 0.2) is 11.5 Å². The van der Waals surface area contributed by atoms with Crippen molar-refractivity contribution >= 4 is 27.1 Å². The van der Waals surface area contributed by atoms with Crippen LogP contribution in [-0.2, 0) is 10.1 Å². The van der Waals surface area contributed by atoms with Crippen molar-refractivity contribution in [2.24, 2.45) is 0 Å². The molecule has 0 amide bonds. The number of aryl methyl sites for hydroxylation is 1. The summed E-state index contributed by atoms with van der Waals surface area (Å²) < 4.78 is 30.1. The van der Waals surface area contributed by atoms with Gasteiger partial charge in [-0.2, -0.15) is 18.4 Å². The number of imidazole rings is 1. The van der Waals surface area contributed by atoms with Crippen LogP contribution < -0.4 is 9.08 Å². The quantitative estimate of drug-likeness (QED) is 0.672.